The van der Waals surface area contributed by atoms with Crippen molar-refractivity contribution >= 4 is 0 Å². The topological polar surface area (TPSA) is 21.3 Å². The van der Waals surface area contributed by atoms with E-state index in [0.717, 1.165) is 29.8 Å². The highest BCUT2D eigenvalue weighted by Gasteiger charge is 2.18. The highest BCUT2D eigenvalue weighted by molar-refractivity contribution is 5.41. The van der Waals surface area contributed by atoms with E-state index in [0.29, 0.717) is 6.04 Å². The van der Waals surface area contributed by atoms with Gasteiger partial charge in [0.2, 0.25) is 0 Å². The van der Waals surface area contributed by atoms with Crippen LogP contribution < -0.4 is 10.1 Å². The molecule has 1 aromatic carbocycles. The fourth-order valence-electron chi connectivity index (χ4n) is 2.49. The molecule has 0 bridgehead atoms. The van der Waals surface area contributed by atoms with Gasteiger partial charge < -0.3 is 10.1 Å². The summed E-state index contributed by atoms with van der Waals surface area (Å²) in [5, 5.41) is 3.49. The molecule has 1 aliphatic rings. The maximum atomic E-state index is 13.6. The highest BCUT2D eigenvalue weighted by atomic mass is 19.1. The minimum Gasteiger partial charge on any atom is -0.496 e. The van der Waals surface area contributed by atoms with Crippen LogP contribution in [0.3, 0.4) is 0 Å². The van der Waals surface area contributed by atoms with E-state index >= 15 is 0 Å². The van der Waals surface area contributed by atoms with Crippen LogP contribution in [0.1, 0.15) is 30.4 Å². The fourth-order valence-corrected chi connectivity index (χ4v) is 2.49. The van der Waals surface area contributed by atoms with Crippen LogP contribution in [0.4, 0.5) is 4.39 Å². The van der Waals surface area contributed by atoms with Crippen LogP contribution in [0.5, 0.6) is 5.75 Å². The molecule has 1 aliphatic heterocycles. The largest absolute Gasteiger partial charge is 0.496 e. The van der Waals surface area contributed by atoms with Gasteiger partial charge in [0.25, 0.3) is 0 Å². The number of benzene rings is 1. The molecule has 3 heteroatoms. The van der Waals surface area contributed by atoms with Gasteiger partial charge in [0.15, 0.2) is 0 Å². The first-order valence-electron chi connectivity index (χ1n) is 6.27. The minimum atomic E-state index is -0.142. The Labute approximate surface area is 102 Å². The van der Waals surface area contributed by atoms with Crippen LogP contribution in [-0.4, -0.2) is 19.7 Å². The van der Waals surface area contributed by atoms with Crippen molar-refractivity contribution in [1.29, 1.82) is 0 Å². The summed E-state index contributed by atoms with van der Waals surface area (Å²) < 4.78 is 18.9. The highest BCUT2D eigenvalue weighted by Crippen LogP contribution is 2.27. The van der Waals surface area contributed by atoms with Crippen molar-refractivity contribution in [2.75, 3.05) is 13.7 Å². The van der Waals surface area contributed by atoms with Crippen LogP contribution in [0, 0.1) is 12.7 Å². The van der Waals surface area contributed by atoms with Gasteiger partial charge in [-0.05, 0) is 50.4 Å². The molecular formula is C14H20FNO. The Kier molecular flexibility index (Phi) is 4.00. The van der Waals surface area contributed by atoms with E-state index in [1.54, 1.807) is 13.2 Å². The molecule has 1 saturated heterocycles. The van der Waals surface area contributed by atoms with Gasteiger partial charge in [0.05, 0.1) is 7.11 Å². The average molecular weight is 237 g/mol. The predicted molar refractivity (Wildman–Crippen MR) is 67.0 cm³/mol. The summed E-state index contributed by atoms with van der Waals surface area (Å²) in [5.41, 5.74) is 1.73. The molecular weight excluding hydrogens is 217 g/mol. The average Bonchev–Trinajstić information content (AvgIpc) is 2.37. The number of ether oxygens (including phenoxy) is 1. The molecule has 0 aliphatic carbocycles. The van der Waals surface area contributed by atoms with Gasteiger partial charge in [0.1, 0.15) is 11.6 Å². The molecule has 2 rings (SSSR count). The van der Waals surface area contributed by atoms with Gasteiger partial charge in [-0.3, -0.25) is 0 Å². The van der Waals surface area contributed by atoms with Gasteiger partial charge in [-0.15, -0.1) is 0 Å². The summed E-state index contributed by atoms with van der Waals surface area (Å²) in [4.78, 5) is 0. The van der Waals surface area contributed by atoms with Crippen molar-refractivity contribution in [3.8, 4) is 5.75 Å². The molecule has 0 spiro atoms. The second-order valence-corrected chi connectivity index (χ2v) is 4.70. The predicted octanol–water partition coefficient (Wildman–Crippen LogP) is 2.83. The van der Waals surface area contributed by atoms with E-state index in [1.807, 2.05) is 6.92 Å². The zero-order chi connectivity index (χ0) is 12.3. The number of hydrogen-bond acceptors (Lipinski definition) is 2. The van der Waals surface area contributed by atoms with E-state index < -0.39 is 0 Å². The molecule has 17 heavy (non-hydrogen) atoms. The Morgan fingerprint density at radius 3 is 2.88 bits per heavy atom. The van der Waals surface area contributed by atoms with Crippen molar-refractivity contribution in [3.63, 3.8) is 0 Å². The third kappa shape index (κ3) is 2.78. The molecule has 94 valence electrons. The van der Waals surface area contributed by atoms with E-state index in [2.05, 4.69) is 5.32 Å². The van der Waals surface area contributed by atoms with Crippen molar-refractivity contribution in [3.05, 3.63) is 29.1 Å². The van der Waals surface area contributed by atoms with Gasteiger partial charge in [-0.2, -0.15) is 0 Å². The van der Waals surface area contributed by atoms with Crippen LogP contribution in [0.25, 0.3) is 0 Å². The SMILES string of the molecule is COc1ccc(F)c(C)c1CC1CCCCN1. The second kappa shape index (κ2) is 5.50. The van der Waals surface area contributed by atoms with E-state index in [9.17, 15) is 4.39 Å². The van der Waals surface area contributed by atoms with Gasteiger partial charge in [0, 0.05) is 11.6 Å². The molecule has 0 aromatic heterocycles. The summed E-state index contributed by atoms with van der Waals surface area (Å²) in [7, 11) is 1.64. The summed E-state index contributed by atoms with van der Waals surface area (Å²) >= 11 is 0. The number of piperidine rings is 1. The van der Waals surface area contributed by atoms with Gasteiger partial charge in [-0.1, -0.05) is 6.42 Å². The smallest absolute Gasteiger partial charge is 0.126 e. The van der Waals surface area contributed by atoms with E-state index in [1.165, 1.54) is 25.3 Å². The quantitative estimate of drug-likeness (QED) is 0.872. The Bertz CT molecular complexity index is 386. The molecule has 1 atom stereocenters. The molecule has 2 nitrogen and oxygen atoms in total. The molecule has 1 fully saturated rings. The molecule has 1 heterocycles. The molecule has 0 saturated carbocycles. The van der Waals surface area contributed by atoms with E-state index in [-0.39, 0.29) is 5.82 Å². The number of halogens is 1. The number of methoxy groups -OCH3 is 1. The van der Waals surface area contributed by atoms with Crippen molar-refractivity contribution in [2.24, 2.45) is 0 Å². The van der Waals surface area contributed by atoms with Crippen LogP contribution in [0.2, 0.25) is 0 Å². The fraction of sp³-hybridized carbons (Fsp3) is 0.571. The summed E-state index contributed by atoms with van der Waals surface area (Å²) in [5.74, 6) is 0.660. The normalized spacial score (nSPS) is 20.3. The summed E-state index contributed by atoms with van der Waals surface area (Å²) in [6.07, 6.45) is 4.52. The monoisotopic (exact) mass is 237 g/mol. The maximum absolute atomic E-state index is 13.6. The second-order valence-electron chi connectivity index (χ2n) is 4.70. The Morgan fingerprint density at radius 1 is 1.41 bits per heavy atom. The summed E-state index contributed by atoms with van der Waals surface area (Å²) in [6.45, 7) is 2.90. The van der Waals surface area contributed by atoms with Gasteiger partial charge in [-0.25, -0.2) is 4.39 Å². The van der Waals surface area contributed by atoms with Crippen molar-refractivity contribution in [1.82, 2.24) is 5.32 Å². The zero-order valence-corrected chi connectivity index (χ0v) is 10.6. The van der Waals surface area contributed by atoms with Gasteiger partial charge >= 0.3 is 0 Å². The molecule has 1 aromatic rings. The first-order valence-corrected chi connectivity index (χ1v) is 6.27. The van der Waals surface area contributed by atoms with Crippen LogP contribution >= 0.6 is 0 Å². The lowest BCUT2D eigenvalue weighted by molar-refractivity contribution is 0.379. The standard InChI is InChI=1S/C14H20FNO/c1-10-12(9-11-5-3-4-8-16-11)14(17-2)7-6-13(10)15/h6-7,11,16H,3-5,8-9H2,1-2H3. The molecule has 1 unspecified atom stereocenters. The van der Waals surface area contributed by atoms with E-state index in [4.69, 9.17) is 4.74 Å². The molecule has 0 radical (unpaired) electrons. The Hall–Kier alpha value is -1.09. The summed E-state index contributed by atoms with van der Waals surface area (Å²) in [6, 6.07) is 3.66. The Balaban J connectivity index is 2.20. The molecule has 0 amide bonds. The van der Waals surface area contributed by atoms with Crippen LogP contribution in [-0.2, 0) is 6.42 Å². The third-order valence-electron chi connectivity index (χ3n) is 3.57. The lowest BCUT2D eigenvalue weighted by Crippen LogP contribution is -2.35. The zero-order valence-electron chi connectivity index (χ0n) is 10.6. The molecule has 1 N–H and O–H groups in total. The lowest BCUT2D eigenvalue weighted by Gasteiger charge is -2.25. The first-order chi connectivity index (χ1) is 8.22. The number of rotatable bonds is 3. The first kappa shape index (κ1) is 12.4. The number of hydrogen-bond donors (Lipinski definition) is 1. The van der Waals surface area contributed by atoms with Crippen molar-refractivity contribution < 1.29 is 9.13 Å². The van der Waals surface area contributed by atoms with Crippen molar-refractivity contribution in [2.45, 2.75) is 38.6 Å². The maximum Gasteiger partial charge on any atom is 0.126 e. The third-order valence-corrected chi connectivity index (χ3v) is 3.57. The minimum absolute atomic E-state index is 0.142. The lowest BCUT2D eigenvalue weighted by atomic mass is 9.94. The number of nitrogens with one attached hydrogen (secondary N) is 1. The Morgan fingerprint density at radius 2 is 2.24 bits per heavy atom. The van der Waals surface area contributed by atoms with Crippen LogP contribution in [0.15, 0.2) is 12.1 Å².